The summed E-state index contributed by atoms with van der Waals surface area (Å²) in [7, 11) is 4.54. The Morgan fingerprint density at radius 3 is 2.40 bits per heavy atom. The molecule has 8 heteroatoms. The van der Waals surface area contributed by atoms with Crippen LogP contribution in [0.3, 0.4) is 0 Å². The van der Waals surface area contributed by atoms with E-state index in [1.807, 2.05) is 22.9 Å². The summed E-state index contributed by atoms with van der Waals surface area (Å²) < 4.78 is 15.8. The molecule has 0 saturated carbocycles. The molecule has 2 aromatic heterocycles. The monoisotopic (exact) mass is 376 g/mol. The Labute approximate surface area is 153 Å². The molecule has 1 amide bonds. The number of hydrogen-bond acceptors (Lipinski definition) is 7. The smallest absolute Gasteiger partial charge is 0.261 e. The lowest BCUT2D eigenvalue weighted by Crippen LogP contribution is -2.13. The molecule has 25 heavy (non-hydrogen) atoms. The van der Waals surface area contributed by atoms with Gasteiger partial charge in [-0.1, -0.05) is 6.07 Å². The molecule has 0 radical (unpaired) electrons. The van der Waals surface area contributed by atoms with Crippen molar-refractivity contribution in [1.82, 2.24) is 4.98 Å². The average molecular weight is 376 g/mol. The molecule has 0 saturated heterocycles. The van der Waals surface area contributed by atoms with Gasteiger partial charge < -0.3 is 14.2 Å². The predicted molar refractivity (Wildman–Crippen MR) is 99.5 cm³/mol. The molecule has 1 N–H and O–H groups in total. The highest BCUT2D eigenvalue weighted by atomic mass is 32.1. The fourth-order valence-electron chi connectivity index (χ4n) is 2.24. The zero-order valence-electron chi connectivity index (χ0n) is 13.9. The Kier molecular flexibility index (Phi) is 5.20. The lowest BCUT2D eigenvalue weighted by molar-refractivity contribution is 0.102. The van der Waals surface area contributed by atoms with Crippen molar-refractivity contribution in [3.8, 4) is 27.8 Å². The second-order valence-corrected chi connectivity index (χ2v) is 6.68. The van der Waals surface area contributed by atoms with Crippen molar-refractivity contribution >= 4 is 33.7 Å². The number of rotatable bonds is 6. The molecule has 6 nitrogen and oxygen atoms in total. The number of carbonyl (C=O) groups excluding carboxylic acids is 1. The van der Waals surface area contributed by atoms with Gasteiger partial charge >= 0.3 is 0 Å². The van der Waals surface area contributed by atoms with Gasteiger partial charge in [-0.25, -0.2) is 4.98 Å². The van der Waals surface area contributed by atoms with E-state index in [9.17, 15) is 4.79 Å². The van der Waals surface area contributed by atoms with Gasteiger partial charge in [-0.2, -0.15) is 0 Å². The molecule has 1 aromatic carbocycles. The average Bonchev–Trinajstić information content (AvgIpc) is 3.31. The molecule has 0 atom stereocenters. The van der Waals surface area contributed by atoms with E-state index < -0.39 is 0 Å². The summed E-state index contributed by atoms with van der Waals surface area (Å²) in [4.78, 5) is 18.1. The van der Waals surface area contributed by atoms with Gasteiger partial charge in [-0.3, -0.25) is 10.1 Å². The van der Waals surface area contributed by atoms with Gasteiger partial charge in [0.2, 0.25) is 0 Å². The van der Waals surface area contributed by atoms with Crippen LogP contribution in [0.2, 0.25) is 0 Å². The van der Waals surface area contributed by atoms with Crippen LogP contribution in [0.5, 0.6) is 17.2 Å². The molecule has 0 fully saturated rings. The highest BCUT2D eigenvalue weighted by molar-refractivity contribution is 7.16. The number of aromatic nitrogens is 1. The van der Waals surface area contributed by atoms with Crippen LogP contribution in [0.25, 0.3) is 10.6 Å². The molecule has 0 spiro atoms. The number of carbonyl (C=O) groups is 1. The van der Waals surface area contributed by atoms with Gasteiger partial charge in [-0.15, -0.1) is 22.7 Å². The standard InChI is InChI=1S/C17H16N2O4S2/c1-21-12-8-14(23-3)13(22-2)7-10(12)16(20)19-17-18-11(9-25-17)15-5-4-6-24-15/h4-9H,1-3H3,(H,18,19,20). The zero-order chi connectivity index (χ0) is 17.8. The second-order valence-electron chi connectivity index (χ2n) is 4.88. The number of benzene rings is 1. The molecule has 0 aliphatic carbocycles. The fourth-order valence-corrected chi connectivity index (χ4v) is 3.71. The highest BCUT2D eigenvalue weighted by Gasteiger charge is 2.19. The molecule has 130 valence electrons. The molecule has 3 aromatic rings. The van der Waals surface area contributed by atoms with Crippen LogP contribution in [0.15, 0.2) is 35.0 Å². The zero-order valence-corrected chi connectivity index (χ0v) is 15.5. The lowest BCUT2D eigenvalue weighted by Gasteiger charge is -2.13. The minimum absolute atomic E-state index is 0.329. The van der Waals surface area contributed by atoms with Crippen molar-refractivity contribution in [2.45, 2.75) is 0 Å². The number of thiazole rings is 1. The summed E-state index contributed by atoms with van der Waals surface area (Å²) in [5.74, 6) is 1.01. The maximum atomic E-state index is 12.6. The number of ether oxygens (including phenoxy) is 3. The topological polar surface area (TPSA) is 69.7 Å². The summed E-state index contributed by atoms with van der Waals surface area (Å²) in [5, 5.41) is 7.22. The maximum Gasteiger partial charge on any atom is 0.261 e. The van der Waals surface area contributed by atoms with E-state index in [0.717, 1.165) is 10.6 Å². The van der Waals surface area contributed by atoms with Gasteiger partial charge in [0.15, 0.2) is 16.6 Å². The summed E-state index contributed by atoms with van der Waals surface area (Å²) in [6, 6.07) is 7.16. The number of methoxy groups -OCH3 is 3. The number of thiophene rings is 1. The van der Waals surface area contributed by atoms with Gasteiger partial charge in [0, 0.05) is 17.5 Å². The number of nitrogens with one attached hydrogen (secondary N) is 1. The Bertz CT molecular complexity index is 875. The van der Waals surface area contributed by atoms with Crippen molar-refractivity contribution < 1.29 is 19.0 Å². The van der Waals surface area contributed by atoms with E-state index in [-0.39, 0.29) is 5.91 Å². The molecule has 0 aliphatic rings. The molecule has 0 aliphatic heterocycles. The first-order valence-electron chi connectivity index (χ1n) is 7.27. The number of amides is 1. The molecule has 3 rings (SSSR count). The molecule has 0 unspecified atom stereocenters. The summed E-state index contributed by atoms with van der Waals surface area (Å²) >= 11 is 2.97. The van der Waals surface area contributed by atoms with E-state index >= 15 is 0 Å². The normalized spacial score (nSPS) is 10.4. The lowest BCUT2D eigenvalue weighted by atomic mass is 10.1. The molecule has 2 heterocycles. The van der Waals surface area contributed by atoms with Gasteiger partial charge in [0.25, 0.3) is 5.91 Å². The van der Waals surface area contributed by atoms with Gasteiger partial charge in [-0.05, 0) is 11.4 Å². The first-order chi connectivity index (χ1) is 12.2. The van der Waals surface area contributed by atoms with Crippen molar-refractivity contribution in [3.05, 3.63) is 40.6 Å². The number of anilines is 1. The highest BCUT2D eigenvalue weighted by Crippen LogP contribution is 2.35. The van der Waals surface area contributed by atoms with E-state index in [1.165, 1.54) is 32.7 Å². The van der Waals surface area contributed by atoms with E-state index in [2.05, 4.69) is 10.3 Å². The first kappa shape index (κ1) is 17.2. The quantitative estimate of drug-likeness (QED) is 0.700. The van der Waals surface area contributed by atoms with Crippen molar-refractivity contribution in [2.24, 2.45) is 0 Å². The predicted octanol–water partition coefficient (Wildman–Crippen LogP) is 4.15. The Hall–Kier alpha value is -2.58. The van der Waals surface area contributed by atoms with Crippen molar-refractivity contribution in [3.63, 3.8) is 0 Å². The third-order valence-electron chi connectivity index (χ3n) is 3.45. The van der Waals surface area contributed by atoms with E-state index in [1.54, 1.807) is 23.5 Å². The minimum Gasteiger partial charge on any atom is -0.496 e. The van der Waals surface area contributed by atoms with Crippen LogP contribution < -0.4 is 19.5 Å². The first-order valence-corrected chi connectivity index (χ1v) is 9.03. The summed E-state index contributed by atoms with van der Waals surface area (Å²) in [5.41, 5.74) is 1.18. The Morgan fingerprint density at radius 2 is 1.76 bits per heavy atom. The van der Waals surface area contributed by atoms with Crippen LogP contribution in [0, 0.1) is 0 Å². The Balaban J connectivity index is 1.86. The fraction of sp³-hybridized carbons (Fsp3) is 0.176. The minimum atomic E-state index is -0.329. The number of nitrogens with zero attached hydrogens (tertiary/aromatic N) is 1. The van der Waals surface area contributed by atoms with Crippen LogP contribution >= 0.6 is 22.7 Å². The van der Waals surface area contributed by atoms with Crippen LogP contribution in [-0.4, -0.2) is 32.2 Å². The molecular weight excluding hydrogens is 360 g/mol. The van der Waals surface area contributed by atoms with Crippen LogP contribution in [0.4, 0.5) is 5.13 Å². The van der Waals surface area contributed by atoms with Gasteiger partial charge in [0.05, 0.1) is 37.5 Å². The van der Waals surface area contributed by atoms with E-state index in [0.29, 0.717) is 27.9 Å². The second kappa shape index (κ2) is 7.54. The molecular formula is C17H16N2O4S2. The largest absolute Gasteiger partial charge is 0.496 e. The maximum absolute atomic E-state index is 12.6. The van der Waals surface area contributed by atoms with E-state index in [4.69, 9.17) is 14.2 Å². The third kappa shape index (κ3) is 3.59. The Morgan fingerprint density at radius 1 is 1.04 bits per heavy atom. The third-order valence-corrected chi connectivity index (χ3v) is 5.10. The van der Waals surface area contributed by atoms with Crippen molar-refractivity contribution in [2.75, 3.05) is 26.6 Å². The number of hydrogen-bond donors (Lipinski definition) is 1. The van der Waals surface area contributed by atoms with Crippen LogP contribution in [-0.2, 0) is 0 Å². The van der Waals surface area contributed by atoms with Crippen molar-refractivity contribution in [1.29, 1.82) is 0 Å². The SMILES string of the molecule is COc1cc(OC)c(C(=O)Nc2nc(-c3cccs3)cs2)cc1OC. The van der Waals surface area contributed by atoms with Gasteiger partial charge in [0.1, 0.15) is 5.75 Å². The van der Waals surface area contributed by atoms with Crippen LogP contribution in [0.1, 0.15) is 10.4 Å². The summed E-state index contributed by atoms with van der Waals surface area (Å²) in [6.45, 7) is 0. The summed E-state index contributed by atoms with van der Waals surface area (Å²) in [6.07, 6.45) is 0. The molecule has 0 bridgehead atoms.